The van der Waals surface area contributed by atoms with Gasteiger partial charge in [-0.3, -0.25) is 9.69 Å². The molecule has 1 fully saturated rings. The number of rotatable bonds is 5. The molecule has 1 amide bonds. The van der Waals surface area contributed by atoms with Crippen LogP contribution in [0.15, 0.2) is 56.8 Å². The number of thioether (sulfide) groups is 1. The summed E-state index contributed by atoms with van der Waals surface area (Å²) in [6.07, 6.45) is 1.83. The smallest absolute Gasteiger partial charge is 0.266 e. The summed E-state index contributed by atoms with van der Waals surface area (Å²) in [5, 5.41) is 0.673. The summed E-state index contributed by atoms with van der Waals surface area (Å²) in [5.74, 6) is 1.24. The number of methoxy groups -OCH3 is 2. The second-order valence-electron chi connectivity index (χ2n) is 5.62. The minimum absolute atomic E-state index is 0.0637. The molecular weight excluding hydrogens is 428 g/mol. The Morgan fingerprint density at radius 3 is 2.48 bits per heavy atom. The Bertz CT molecular complexity index is 913. The van der Waals surface area contributed by atoms with Crippen LogP contribution in [0.4, 0.5) is 5.69 Å². The van der Waals surface area contributed by atoms with Crippen molar-refractivity contribution in [3.8, 4) is 11.5 Å². The summed E-state index contributed by atoms with van der Waals surface area (Å²) in [6.45, 7) is 2.49. The maximum atomic E-state index is 12.8. The normalized spacial score (nSPS) is 17.0. The highest BCUT2D eigenvalue weighted by molar-refractivity contribution is 9.10. The number of aliphatic imine (C=N–C) groups is 1. The number of benzene rings is 2. The Morgan fingerprint density at radius 2 is 1.85 bits per heavy atom. The topological polar surface area (TPSA) is 51.1 Å². The van der Waals surface area contributed by atoms with Crippen LogP contribution in [0.2, 0.25) is 0 Å². The molecule has 0 bridgehead atoms. The Kier molecular flexibility index (Phi) is 6.23. The largest absolute Gasteiger partial charge is 0.496 e. The first-order valence-corrected chi connectivity index (χ1v) is 9.95. The van der Waals surface area contributed by atoms with E-state index >= 15 is 0 Å². The molecule has 1 aliphatic rings. The molecule has 0 N–H and O–H groups in total. The van der Waals surface area contributed by atoms with Gasteiger partial charge in [-0.1, -0.05) is 18.2 Å². The maximum absolute atomic E-state index is 12.8. The van der Waals surface area contributed by atoms with Crippen molar-refractivity contribution in [1.29, 1.82) is 0 Å². The summed E-state index contributed by atoms with van der Waals surface area (Å²) >= 11 is 4.84. The second-order valence-corrected chi connectivity index (χ2v) is 7.48. The molecule has 7 heteroatoms. The SMILES string of the molecule is CCN1C(=O)C(=Cc2cc(Br)c(OC)cc2OC)SC1=Nc1ccccc1. The van der Waals surface area contributed by atoms with Gasteiger partial charge in [-0.05, 0) is 58.9 Å². The molecule has 0 aromatic heterocycles. The average molecular weight is 447 g/mol. The van der Waals surface area contributed by atoms with E-state index in [-0.39, 0.29) is 5.91 Å². The van der Waals surface area contributed by atoms with Gasteiger partial charge in [-0.2, -0.15) is 0 Å². The molecule has 1 aliphatic heterocycles. The molecule has 3 rings (SSSR count). The zero-order valence-electron chi connectivity index (χ0n) is 15.2. The van der Waals surface area contributed by atoms with Gasteiger partial charge in [0.2, 0.25) is 0 Å². The van der Waals surface area contributed by atoms with Gasteiger partial charge in [0.25, 0.3) is 5.91 Å². The van der Waals surface area contributed by atoms with E-state index in [0.717, 1.165) is 15.7 Å². The van der Waals surface area contributed by atoms with Crippen LogP contribution in [0, 0.1) is 0 Å². The Morgan fingerprint density at radius 1 is 1.15 bits per heavy atom. The molecule has 27 heavy (non-hydrogen) atoms. The van der Waals surface area contributed by atoms with Crippen LogP contribution in [0.5, 0.6) is 11.5 Å². The monoisotopic (exact) mass is 446 g/mol. The quantitative estimate of drug-likeness (QED) is 0.600. The lowest BCUT2D eigenvalue weighted by Crippen LogP contribution is -2.28. The van der Waals surface area contributed by atoms with Gasteiger partial charge in [0.15, 0.2) is 5.17 Å². The Balaban J connectivity index is 1.99. The van der Waals surface area contributed by atoms with E-state index in [4.69, 9.17) is 9.47 Å². The lowest BCUT2D eigenvalue weighted by atomic mass is 10.1. The van der Waals surface area contributed by atoms with Crippen LogP contribution in [0.1, 0.15) is 12.5 Å². The van der Waals surface area contributed by atoms with Gasteiger partial charge in [-0.25, -0.2) is 4.99 Å². The number of hydrogen-bond acceptors (Lipinski definition) is 5. The molecule has 140 valence electrons. The molecule has 0 saturated carbocycles. The molecular formula is C20H19BrN2O3S. The number of para-hydroxylation sites is 1. The number of hydrogen-bond donors (Lipinski definition) is 0. The Labute approximate surface area is 171 Å². The first-order chi connectivity index (χ1) is 13.1. The fourth-order valence-electron chi connectivity index (χ4n) is 2.62. The predicted molar refractivity (Wildman–Crippen MR) is 114 cm³/mol. The fourth-order valence-corrected chi connectivity index (χ4v) is 4.20. The van der Waals surface area contributed by atoms with Crippen LogP contribution in [0.25, 0.3) is 6.08 Å². The van der Waals surface area contributed by atoms with E-state index in [1.54, 1.807) is 25.2 Å². The number of likely N-dealkylation sites (N-methyl/N-ethyl adjacent to an activating group) is 1. The van der Waals surface area contributed by atoms with E-state index in [1.165, 1.54) is 11.8 Å². The summed E-state index contributed by atoms with van der Waals surface area (Å²) in [4.78, 5) is 19.7. The number of nitrogens with zero attached hydrogens (tertiary/aromatic N) is 2. The van der Waals surface area contributed by atoms with Gasteiger partial charge in [-0.15, -0.1) is 0 Å². The number of ether oxygens (including phenoxy) is 2. The van der Waals surface area contributed by atoms with E-state index in [0.29, 0.717) is 28.1 Å². The first-order valence-electron chi connectivity index (χ1n) is 8.34. The summed E-state index contributed by atoms with van der Waals surface area (Å²) in [6, 6.07) is 13.3. The van der Waals surface area contributed by atoms with E-state index < -0.39 is 0 Å². The van der Waals surface area contributed by atoms with Crippen molar-refractivity contribution in [2.75, 3.05) is 20.8 Å². The van der Waals surface area contributed by atoms with Crippen molar-refractivity contribution < 1.29 is 14.3 Å². The molecule has 1 saturated heterocycles. The molecule has 5 nitrogen and oxygen atoms in total. The van der Waals surface area contributed by atoms with Gasteiger partial charge >= 0.3 is 0 Å². The van der Waals surface area contributed by atoms with Crippen molar-refractivity contribution in [3.63, 3.8) is 0 Å². The fraction of sp³-hybridized carbons (Fsp3) is 0.200. The molecule has 2 aromatic rings. The number of amidine groups is 1. The zero-order valence-corrected chi connectivity index (χ0v) is 17.6. The third-order valence-electron chi connectivity index (χ3n) is 3.98. The summed E-state index contributed by atoms with van der Waals surface area (Å²) in [5.41, 5.74) is 1.61. The first kappa shape index (κ1) is 19.5. The van der Waals surface area contributed by atoms with Crippen molar-refractivity contribution in [2.45, 2.75) is 6.92 Å². The molecule has 0 radical (unpaired) electrons. The maximum Gasteiger partial charge on any atom is 0.266 e. The van der Waals surface area contributed by atoms with Gasteiger partial charge in [0, 0.05) is 18.2 Å². The highest BCUT2D eigenvalue weighted by atomic mass is 79.9. The van der Waals surface area contributed by atoms with Crippen molar-refractivity contribution in [3.05, 3.63) is 57.4 Å². The van der Waals surface area contributed by atoms with E-state index in [9.17, 15) is 4.79 Å². The van der Waals surface area contributed by atoms with Crippen LogP contribution in [0.3, 0.4) is 0 Å². The third kappa shape index (κ3) is 4.20. The van der Waals surface area contributed by atoms with Crippen molar-refractivity contribution in [1.82, 2.24) is 4.90 Å². The molecule has 0 spiro atoms. The second kappa shape index (κ2) is 8.63. The van der Waals surface area contributed by atoms with E-state index in [2.05, 4.69) is 20.9 Å². The van der Waals surface area contributed by atoms with Crippen molar-refractivity contribution in [2.24, 2.45) is 4.99 Å². The van der Waals surface area contributed by atoms with E-state index in [1.807, 2.05) is 49.4 Å². The minimum Gasteiger partial charge on any atom is -0.496 e. The molecule has 2 aromatic carbocycles. The number of amides is 1. The Hall–Kier alpha value is -2.25. The average Bonchev–Trinajstić information content (AvgIpc) is 2.97. The molecule has 0 atom stereocenters. The lowest BCUT2D eigenvalue weighted by Gasteiger charge is -2.12. The number of carbonyl (C=O) groups excluding carboxylic acids is 1. The summed E-state index contributed by atoms with van der Waals surface area (Å²) < 4.78 is 11.5. The molecule has 0 aliphatic carbocycles. The van der Waals surface area contributed by atoms with Crippen LogP contribution in [-0.2, 0) is 4.79 Å². The standard InChI is InChI=1S/C20H19BrN2O3S/c1-4-23-19(24)18(27-20(23)22-14-8-6-5-7-9-14)11-13-10-15(21)17(26-3)12-16(13)25-2/h5-12H,4H2,1-3H3. The van der Waals surface area contributed by atoms with Crippen molar-refractivity contribution >= 4 is 50.5 Å². The highest BCUT2D eigenvalue weighted by Gasteiger charge is 2.32. The van der Waals surface area contributed by atoms with Crippen LogP contribution < -0.4 is 9.47 Å². The predicted octanol–water partition coefficient (Wildman–Crippen LogP) is 5.09. The molecule has 0 unspecified atom stereocenters. The van der Waals surface area contributed by atoms with Crippen LogP contribution in [-0.4, -0.2) is 36.7 Å². The third-order valence-corrected chi connectivity index (χ3v) is 5.60. The van der Waals surface area contributed by atoms with Crippen LogP contribution >= 0.6 is 27.7 Å². The van der Waals surface area contributed by atoms with Gasteiger partial charge in [0.05, 0.1) is 29.3 Å². The highest BCUT2D eigenvalue weighted by Crippen LogP contribution is 2.38. The lowest BCUT2D eigenvalue weighted by molar-refractivity contribution is -0.122. The zero-order chi connectivity index (χ0) is 19.4. The minimum atomic E-state index is -0.0637. The number of halogens is 1. The van der Waals surface area contributed by atoms with Gasteiger partial charge < -0.3 is 9.47 Å². The summed E-state index contributed by atoms with van der Waals surface area (Å²) in [7, 11) is 3.19. The van der Waals surface area contributed by atoms with Gasteiger partial charge in [0.1, 0.15) is 11.5 Å². The molecule has 1 heterocycles. The number of carbonyl (C=O) groups is 1.